The van der Waals surface area contributed by atoms with Gasteiger partial charge in [-0.25, -0.2) is 0 Å². The average molecular weight is 1300 g/mol. The van der Waals surface area contributed by atoms with Crippen molar-refractivity contribution in [3.05, 3.63) is 122 Å². The highest BCUT2D eigenvalue weighted by Gasteiger charge is 2.23. The van der Waals surface area contributed by atoms with Crippen molar-refractivity contribution in [3.63, 3.8) is 0 Å². The summed E-state index contributed by atoms with van der Waals surface area (Å²) < 4.78 is 23.5. The van der Waals surface area contributed by atoms with Crippen molar-refractivity contribution < 1.29 is 32.9 Å². The Labute approximate surface area is 571 Å². The number of phosphoric acid groups is 1. The van der Waals surface area contributed by atoms with E-state index in [-0.39, 0.29) is 19.1 Å². The Morgan fingerprint density at radius 3 is 0.967 bits per heavy atom. The first kappa shape index (κ1) is 88.9. The number of amides is 1. The first-order valence-electron chi connectivity index (χ1n) is 38.9. The van der Waals surface area contributed by atoms with Crippen molar-refractivity contribution in [1.82, 2.24) is 5.32 Å². The topological polar surface area (TPSA) is 108 Å². The van der Waals surface area contributed by atoms with Gasteiger partial charge in [-0.3, -0.25) is 9.36 Å². The van der Waals surface area contributed by atoms with Crippen LogP contribution >= 0.6 is 7.82 Å². The van der Waals surface area contributed by atoms with Gasteiger partial charge in [-0.05, 0) is 89.9 Å². The number of hydrogen-bond acceptors (Lipinski definition) is 6. The van der Waals surface area contributed by atoms with Crippen LogP contribution in [0.3, 0.4) is 0 Å². The number of rotatable bonds is 71. The van der Waals surface area contributed by atoms with Crippen LogP contribution in [-0.4, -0.2) is 68.5 Å². The van der Waals surface area contributed by atoms with Gasteiger partial charge in [0.05, 0.1) is 39.9 Å². The molecule has 0 aromatic rings. The van der Waals surface area contributed by atoms with E-state index in [0.29, 0.717) is 17.4 Å². The summed E-state index contributed by atoms with van der Waals surface area (Å²) in [5.41, 5.74) is 0. The molecule has 0 rings (SSSR count). The molecule has 0 fully saturated rings. The van der Waals surface area contributed by atoms with Gasteiger partial charge in [0, 0.05) is 6.42 Å². The van der Waals surface area contributed by atoms with Gasteiger partial charge in [-0.15, -0.1) is 0 Å². The standard InChI is InChI=1S/C83H149N2O6P/c1-6-8-10-12-14-16-18-20-22-24-26-28-30-32-34-36-37-38-39-40-41-42-43-44-45-46-47-49-51-53-55-57-59-61-63-65-67-69-71-73-75-77-83(87)84-81(80-91-92(88,89)90-79-78-85(3,4)5)82(86)76-74-72-70-68-66-64-62-60-58-56-54-52-50-48-35-33-31-29-27-25-23-21-19-17-15-13-11-9-7-2/h8,10,14,16,20,22,26,28,32,34,37-38,40-41,43-44,46-47,74,76,81-82,86H,6-7,9,11-13,15,17-19,21,23-25,27,29-31,33,35-36,39,42,45,48-73,75,77-80H2,1-5H3,(H-,84,87,88,89)/b10-8-,16-14-,22-20-,28-26-,34-32-,38-37-,41-40-,44-43-,47-46-,76-74+. The van der Waals surface area contributed by atoms with Crippen molar-refractivity contribution in [2.45, 2.75) is 360 Å². The van der Waals surface area contributed by atoms with Crippen LogP contribution in [0.1, 0.15) is 348 Å². The number of nitrogens with zero attached hydrogens (tertiary/aromatic N) is 1. The number of carbonyl (C=O) groups excluding carboxylic acids is 1. The molecule has 0 aromatic carbocycles. The number of likely N-dealkylation sites (N-methyl/N-ethyl adjacent to an activating group) is 1. The fourth-order valence-electron chi connectivity index (χ4n) is 11.2. The Balaban J connectivity index is 4.04. The minimum atomic E-state index is -4.61. The monoisotopic (exact) mass is 1300 g/mol. The second-order valence-corrected chi connectivity index (χ2v) is 28.7. The molecule has 0 bridgehead atoms. The van der Waals surface area contributed by atoms with Gasteiger partial charge in [-0.2, -0.15) is 0 Å². The summed E-state index contributed by atoms with van der Waals surface area (Å²) in [6.45, 7) is 4.57. The Morgan fingerprint density at radius 1 is 0.391 bits per heavy atom. The zero-order valence-electron chi connectivity index (χ0n) is 61.0. The Morgan fingerprint density at radius 2 is 0.663 bits per heavy atom. The Bertz CT molecular complexity index is 1920. The molecule has 3 unspecified atom stereocenters. The van der Waals surface area contributed by atoms with E-state index in [4.69, 9.17) is 9.05 Å². The Kier molecular flexibility index (Phi) is 69.7. The zero-order chi connectivity index (χ0) is 66.9. The maximum atomic E-state index is 13.1. The van der Waals surface area contributed by atoms with Crippen molar-refractivity contribution in [1.29, 1.82) is 0 Å². The number of carbonyl (C=O) groups is 1. The van der Waals surface area contributed by atoms with Crippen LogP contribution in [0.2, 0.25) is 0 Å². The van der Waals surface area contributed by atoms with Gasteiger partial charge in [0.25, 0.3) is 7.82 Å². The van der Waals surface area contributed by atoms with Gasteiger partial charge in [0.1, 0.15) is 13.2 Å². The predicted molar refractivity (Wildman–Crippen MR) is 403 cm³/mol. The van der Waals surface area contributed by atoms with E-state index in [9.17, 15) is 19.4 Å². The molecule has 0 aliphatic heterocycles. The zero-order valence-corrected chi connectivity index (χ0v) is 61.9. The van der Waals surface area contributed by atoms with E-state index in [1.54, 1.807) is 6.08 Å². The lowest BCUT2D eigenvalue weighted by Gasteiger charge is -2.29. The number of allylic oxidation sites excluding steroid dienone is 19. The molecule has 0 aliphatic rings. The van der Waals surface area contributed by atoms with Crippen molar-refractivity contribution in [2.24, 2.45) is 0 Å². The number of aliphatic hydroxyl groups excluding tert-OH is 1. The highest BCUT2D eigenvalue weighted by Crippen LogP contribution is 2.38. The normalized spacial score (nSPS) is 14.2. The van der Waals surface area contributed by atoms with Crippen LogP contribution in [0, 0.1) is 0 Å². The largest absolute Gasteiger partial charge is 0.756 e. The van der Waals surface area contributed by atoms with Crippen LogP contribution in [0.5, 0.6) is 0 Å². The summed E-state index contributed by atoms with van der Waals surface area (Å²) in [5, 5.41) is 14.0. The first-order chi connectivity index (χ1) is 45.0. The summed E-state index contributed by atoms with van der Waals surface area (Å²) in [6, 6.07) is -0.896. The van der Waals surface area contributed by atoms with Crippen LogP contribution in [0.4, 0.5) is 0 Å². The van der Waals surface area contributed by atoms with E-state index in [1.807, 2.05) is 27.2 Å². The SMILES string of the molecule is CC/C=C\C/C=C\C/C=C\C/C=C\C/C=C\C/C=C\C/C=C\C/C=C\C/C=C\CCCCCCCCCCCCCCCC(=O)NC(COP(=O)([O-])OCC[N+](C)(C)C)C(O)/C=C/CCCCCCCCCCCCCCCCCCCCCCCCCCCCC. The number of quaternary nitrogens is 1. The molecule has 0 heterocycles. The molecule has 1 amide bonds. The molecule has 9 heteroatoms. The average Bonchev–Trinajstić information content (AvgIpc) is 2.63. The van der Waals surface area contributed by atoms with E-state index in [1.165, 1.54) is 231 Å². The van der Waals surface area contributed by atoms with Gasteiger partial charge in [0.2, 0.25) is 5.91 Å². The van der Waals surface area contributed by atoms with Gasteiger partial charge < -0.3 is 28.8 Å². The molecule has 92 heavy (non-hydrogen) atoms. The molecule has 0 saturated carbocycles. The third-order valence-corrected chi connectivity index (χ3v) is 18.1. The quantitative estimate of drug-likeness (QED) is 0.0272. The molecule has 0 radical (unpaired) electrons. The predicted octanol–water partition coefficient (Wildman–Crippen LogP) is 24.9. The number of unbranched alkanes of at least 4 members (excludes halogenated alkanes) is 40. The fourth-order valence-corrected chi connectivity index (χ4v) is 11.9. The highest BCUT2D eigenvalue weighted by molar-refractivity contribution is 7.45. The van der Waals surface area contributed by atoms with Gasteiger partial charge in [0.15, 0.2) is 0 Å². The third kappa shape index (κ3) is 74.3. The number of nitrogens with one attached hydrogen (secondary N) is 1. The van der Waals surface area contributed by atoms with Crippen LogP contribution in [0.15, 0.2) is 122 Å². The fraction of sp³-hybridized carbons (Fsp3) is 0.747. The summed E-state index contributed by atoms with van der Waals surface area (Å²) in [4.78, 5) is 25.7. The molecule has 8 nitrogen and oxygen atoms in total. The van der Waals surface area contributed by atoms with E-state index < -0.39 is 20.0 Å². The van der Waals surface area contributed by atoms with E-state index in [0.717, 1.165) is 96.3 Å². The molecule has 2 N–H and O–H groups in total. The lowest BCUT2D eigenvalue weighted by molar-refractivity contribution is -0.870. The summed E-state index contributed by atoms with van der Waals surface area (Å²) >= 11 is 0. The number of hydrogen-bond donors (Lipinski definition) is 2. The smallest absolute Gasteiger partial charge is 0.268 e. The van der Waals surface area contributed by atoms with Crippen molar-refractivity contribution in [2.75, 3.05) is 40.9 Å². The van der Waals surface area contributed by atoms with E-state index in [2.05, 4.69) is 129 Å². The Hall–Kier alpha value is -3.10. The molecule has 3 atom stereocenters. The molecule has 0 aliphatic carbocycles. The number of aliphatic hydroxyl groups is 1. The van der Waals surface area contributed by atoms with Crippen LogP contribution in [0.25, 0.3) is 0 Å². The second-order valence-electron chi connectivity index (χ2n) is 27.3. The third-order valence-electron chi connectivity index (χ3n) is 17.2. The lowest BCUT2D eigenvalue weighted by Crippen LogP contribution is -2.45. The molecule has 0 saturated heterocycles. The van der Waals surface area contributed by atoms with Crippen LogP contribution in [-0.2, 0) is 18.4 Å². The maximum absolute atomic E-state index is 13.1. The number of phosphoric ester groups is 1. The molecule has 0 aromatic heterocycles. The summed E-state index contributed by atoms with van der Waals surface area (Å²) in [5.74, 6) is -0.198. The minimum absolute atomic E-state index is 0.00462. The van der Waals surface area contributed by atoms with Crippen molar-refractivity contribution >= 4 is 13.7 Å². The highest BCUT2D eigenvalue weighted by atomic mass is 31.2. The lowest BCUT2D eigenvalue weighted by atomic mass is 10.0. The maximum Gasteiger partial charge on any atom is 0.268 e. The molecular weight excluding hydrogens is 1150 g/mol. The second kappa shape index (κ2) is 72.2. The first-order valence-corrected chi connectivity index (χ1v) is 40.4. The summed E-state index contributed by atoms with van der Waals surface area (Å²) in [6.07, 6.45) is 108. The van der Waals surface area contributed by atoms with Gasteiger partial charge >= 0.3 is 0 Å². The van der Waals surface area contributed by atoms with Gasteiger partial charge in [-0.1, -0.05) is 373 Å². The molecular formula is C83H149N2O6P. The van der Waals surface area contributed by atoms with Crippen LogP contribution < -0.4 is 10.2 Å². The minimum Gasteiger partial charge on any atom is -0.756 e. The van der Waals surface area contributed by atoms with E-state index >= 15 is 0 Å². The van der Waals surface area contributed by atoms with Crippen molar-refractivity contribution in [3.8, 4) is 0 Å². The molecule has 532 valence electrons. The molecule has 0 spiro atoms. The summed E-state index contributed by atoms with van der Waals surface area (Å²) in [7, 11) is 1.26.